The Morgan fingerprint density at radius 2 is 1.43 bits per heavy atom. The van der Waals surface area contributed by atoms with Gasteiger partial charge in [-0.2, -0.15) is 0 Å². The summed E-state index contributed by atoms with van der Waals surface area (Å²) in [6.45, 7) is 2.20. The molecule has 2 amide bonds. The molecule has 6 nitrogen and oxygen atoms in total. The van der Waals surface area contributed by atoms with E-state index in [1.54, 1.807) is 4.90 Å². The molecule has 160 valence electrons. The number of sulfone groups is 1. The molecule has 0 aromatic heterocycles. The SMILES string of the molecule is CC(C(=O)N1CCN(C(=O)c2cc(Cl)cc(Cl)c2)CC1)S(=O)(=O)c1ccc(F)cc1. The second kappa shape index (κ2) is 8.91. The first-order chi connectivity index (χ1) is 14.1. The van der Waals surface area contributed by atoms with Gasteiger partial charge in [0.1, 0.15) is 11.1 Å². The van der Waals surface area contributed by atoms with E-state index < -0.39 is 26.8 Å². The summed E-state index contributed by atoms with van der Waals surface area (Å²) in [4.78, 5) is 28.3. The predicted octanol–water partition coefficient (Wildman–Crippen LogP) is 3.28. The van der Waals surface area contributed by atoms with E-state index in [1.807, 2.05) is 0 Å². The van der Waals surface area contributed by atoms with Crippen LogP contribution in [0.5, 0.6) is 0 Å². The van der Waals surface area contributed by atoms with Crippen molar-refractivity contribution in [2.75, 3.05) is 26.2 Å². The second-order valence-electron chi connectivity index (χ2n) is 6.92. The summed E-state index contributed by atoms with van der Waals surface area (Å²) in [5, 5.41) is -0.629. The van der Waals surface area contributed by atoms with Gasteiger partial charge in [-0.3, -0.25) is 9.59 Å². The van der Waals surface area contributed by atoms with Crippen molar-refractivity contribution < 1.29 is 22.4 Å². The van der Waals surface area contributed by atoms with Crippen LogP contribution in [0.3, 0.4) is 0 Å². The number of rotatable bonds is 4. The lowest BCUT2D eigenvalue weighted by atomic mass is 10.1. The molecule has 2 aromatic carbocycles. The molecular weight excluding hydrogens is 454 g/mol. The fourth-order valence-electron chi connectivity index (χ4n) is 3.21. The van der Waals surface area contributed by atoms with E-state index in [0.717, 1.165) is 24.3 Å². The van der Waals surface area contributed by atoms with Crippen LogP contribution in [0, 0.1) is 5.82 Å². The smallest absolute Gasteiger partial charge is 0.254 e. The van der Waals surface area contributed by atoms with Crippen molar-refractivity contribution in [3.8, 4) is 0 Å². The van der Waals surface area contributed by atoms with Gasteiger partial charge in [-0.25, -0.2) is 12.8 Å². The summed E-state index contributed by atoms with van der Waals surface area (Å²) in [5.41, 5.74) is 0.347. The van der Waals surface area contributed by atoms with Crippen LogP contribution in [0.4, 0.5) is 4.39 Å². The van der Waals surface area contributed by atoms with Crippen molar-refractivity contribution >= 4 is 44.9 Å². The van der Waals surface area contributed by atoms with Gasteiger partial charge in [-0.15, -0.1) is 0 Å². The summed E-state index contributed by atoms with van der Waals surface area (Å²) >= 11 is 11.9. The molecular formula is C20H19Cl2FN2O4S. The van der Waals surface area contributed by atoms with Gasteiger partial charge in [0.2, 0.25) is 5.91 Å². The highest BCUT2D eigenvalue weighted by molar-refractivity contribution is 7.92. The molecule has 0 N–H and O–H groups in total. The van der Waals surface area contributed by atoms with Crippen LogP contribution in [-0.2, 0) is 14.6 Å². The second-order valence-corrected chi connectivity index (χ2v) is 10.1. The normalized spacial score (nSPS) is 15.7. The van der Waals surface area contributed by atoms with Crippen LogP contribution in [0.15, 0.2) is 47.4 Å². The van der Waals surface area contributed by atoms with Crippen LogP contribution >= 0.6 is 23.2 Å². The van der Waals surface area contributed by atoms with Crippen molar-refractivity contribution in [1.29, 1.82) is 0 Å². The Kier molecular flexibility index (Phi) is 6.69. The first-order valence-corrected chi connectivity index (χ1v) is 11.4. The Labute approximate surface area is 184 Å². The number of hydrogen-bond donors (Lipinski definition) is 0. The minimum absolute atomic E-state index is 0.114. The largest absolute Gasteiger partial charge is 0.338 e. The molecule has 0 spiro atoms. The molecule has 1 heterocycles. The maximum absolute atomic E-state index is 13.1. The average Bonchev–Trinajstić information content (AvgIpc) is 2.72. The lowest BCUT2D eigenvalue weighted by molar-refractivity contribution is -0.131. The summed E-state index contributed by atoms with van der Waals surface area (Å²) in [6, 6.07) is 8.92. The molecule has 0 radical (unpaired) electrons. The molecule has 30 heavy (non-hydrogen) atoms. The monoisotopic (exact) mass is 472 g/mol. The Bertz CT molecular complexity index is 1050. The molecule has 3 rings (SSSR count). The lowest BCUT2D eigenvalue weighted by Crippen LogP contribution is -2.53. The number of hydrogen-bond acceptors (Lipinski definition) is 4. The zero-order chi connectivity index (χ0) is 22.1. The number of carbonyl (C=O) groups is 2. The molecule has 1 aliphatic rings. The van der Waals surface area contributed by atoms with Crippen molar-refractivity contribution in [1.82, 2.24) is 9.80 Å². The van der Waals surface area contributed by atoms with E-state index in [0.29, 0.717) is 15.6 Å². The number of nitrogens with zero attached hydrogens (tertiary/aromatic N) is 2. The number of halogens is 3. The van der Waals surface area contributed by atoms with E-state index in [-0.39, 0.29) is 37.0 Å². The summed E-state index contributed by atoms with van der Waals surface area (Å²) in [7, 11) is -3.95. The third kappa shape index (κ3) is 4.77. The van der Waals surface area contributed by atoms with Crippen LogP contribution in [0.2, 0.25) is 10.0 Å². The molecule has 2 aromatic rings. The van der Waals surface area contributed by atoms with Crippen LogP contribution < -0.4 is 0 Å². The number of amides is 2. The Morgan fingerprint density at radius 3 is 1.97 bits per heavy atom. The molecule has 10 heteroatoms. The zero-order valence-corrected chi connectivity index (χ0v) is 18.3. The molecule has 0 saturated carbocycles. The quantitative estimate of drug-likeness (QED) is 0.639. The number of benzene rings is 2. The van der Waals surface area contributed by atoms with Gasteiger partial charge in [0.15, 0.2) is 9.84 Å². The van der Waals surface area contributed by atoms with Gasteiger partial charge in [-0.05, 0) is 49.4 Å². The minimum atomic E-state index is -3.95. The number of piperazine rings is 1. The number of carbonyl (C=O) groups excluding carboxylic acids is 2. The predicted molar refractivity (Wildman–Crippen MR) is 112 cm³/mol. The molecule has 0 bridgehead atoms. The van der Waals surface area contributed by atoms with Crippen LogP contribution in [0.25, 0.3) is 0 Å². The molecule has 1 fully saturated rings. The van der Waals surface area contributed by atoms with Crippen molar-refractivity contribution in [2.24, 2.45) is 0 Å². The maximum atomic E-state index is 13.1. The van der Waals surface area contributed by atoms with Gasteiger partial charge in [0.25, 0.3) is 5.91 Å². The molecule has 1 aliphatic heterocycles. The van der Waals surface area contributed by atoms with Gasteiger partial charge in [0.05, 0.1) is 4.90 Å². The van der Waals surface area contributed by atoms with Crippen LogP contribution in [-0.4, -0.2) is 61.5 Å². The minimum Gasteiger partial charge on any atom is -0.338 e. The fourth-order valence-corrected chi connectivity index (χ4v) is 5.07. The van der Waals surface area contributed by atoms with Crippen molar-refractivity contribution in [3.05, 3.63) is 63.9 Å². The molecule has 1 saturated heterocycles. The maximum Gasteiger partial charge on any atom is 0.254 e. The summed E-state index contributed by atoms with van der Waals surface area (Å²) in [6.07, 6.45) is 0. The van der Waals surface area contributed by atoms with E-state index >= 15 is 0 Å². The highest BCUT2D eigenvalue weighted by Crippen LogP contribution is 2.22. The van der Waals surface area contributed by atoms with Gasteiger partial charge in [0, 0.05) is 41.8 Å². The van der Waals surface area contributed by atoms with E-state index in [9.17, 15) is 22.4 Å². The van der Waals surface area contributed by atoms with Crippen LogP contribution in [0.1, 0.15) is 17.3 Å². The first kappa shape index (κ1) is 22.5. The Balaban J connectivity index is 1.66. The third-order valence-corrected chi connectivity index (χ3v) is 7.44. The van der Waals surface area contributed by atoms with Crippen molar-refractivity contribution in [2.45, 2.75) is 17.1 Å². The lowest BCUT2D eigenvalue weighted by Gasteiger charge is -2.36. The third-order valence-electron chi connectivity index (χ3n) is 4.94. The Morgan fingerprint density at radius 1 is 0.933 bits per heavy atom. The van der Waals surface area contributed by atoms with Crippen molar-refractivity contribution in [3.63, 3.8) is 0 Å². The molecule has 0 aliphatic carbocycles. The standard InChI is InChI=1S/C20H19Cl2FN2O4S/c1-13(30(28,29)18-4-2-17(23)3-5-18)19(26)24-6-8-25(9-7-24)20(27)14-10-15(21)12-16(22)11-14/h2-5,10-13H,6-9H2,1H3. The summed E-state index contributed by atoms with van der Waals surface area (Å²) < 4.78 is 38.5. The average molecular weight is 473 g/mol. The van der Waals surface area contributed by atoms with Gasteiger partial charge in [-0.1, -0.05) is 23.2 Å². The molecule has 1 atom stereocenters. The van der Waals surface area contributed by atoms with E-state index in [2.05, 4.69) is 0 Å². The van der Waals surface area contributed by atoms with Gasteiger partial charge < -0.3 is 9.80 Å². The van der Waals surface area contributed by atoms with E-state index in [4.69, 9.17) is 23.2 Å². The first-order valence-electron chi connectivity index (χ1n) is 9.13. The zero-order valence-electron chi connectivity index (χ0n) is 16.0. The van der Waals surface area contributed by atoms with Gasteiger partial charge >= 0.3 is 0 Å². The fraction of sp³-hybridized carbons (Fsp3) is 0.300. The highest BCUT2D eigenvalue weighted by Gasteiger charge is 2.35. The topological polar surface area (TPSA) is 74.8 Å². The molecule has 1 unspecified atom stereocenters. The summed E-state index contributed by atoms with van der Waals surface area (Å²) in [5.74, 6) is -1.38. The van der Waals surface area contributed by atoms with E-state index in [1.165, 1.54) is 30.0 Å². The Hall–Kier alpha value is -2.16. The highest BCUT2D eigenvalue weighted by atomic mass is 35.5.